The number of aromatic hydroxyl groups is 1. The Morgan fingerprint density at radius 1 is 1.11 bits per heavy atom. The molecule has 10 heteroatoms. The zero-order chi connectivity index (χ0) is 25.7. The first-order valence-corrected chi connectivity index (χ1v) is 13.4. The number of hydrogen-bond acceptors (Lipinski definition) is 8. The maximum Gasteiger partial charge on any atom is 0.237 e. The first kappa shape index (κ1) is 26.4. The monoisotopic (exact) mass is 513 g/mol. The predicted molar refractivity (Wildman–Crippen MR) is 140 cm³/mol. The SMILES string of the molecule is NC(=O)[C@@H]1CSC([C@@H](Cc2ccccc2)NC(=O)[C@@H]2CCCN2C(O)[C@@H](N)Cc2ccc(O)cc2)N1. The molecule has 0 bridgehead atoms. The number of hydrogen-bond donors (Lipinski definition) is 6. The third-order valence-corrected chi connectivity index (χ3v) is 8.22. The molecule has 0 aromatic heterocycles. The molecule has 6 atom stereocenters. The Hall–Kier alpha value is -2.63. The number of phenolic OH excluding ortho intramolecular Hbond substituents is 1. The zero-order valence-corrected chi connectivity index (χ0v) is 20.9. The van der Waals surface area contributed by atoms with Crippen molar-refractivity contribution < 1.29 is 19.8 Å². The molecular weight excluding hydrogens is 478 g/mol. The molecule has 2 aromatic rings. The Bertz CT molecular complexity index is 1020. The standard InChI is InChI=1S/C26H35N5O4S/c27-19(13-17-8-10-18(32)11-9-17)26(35)31-12-4-7-22(31)24(34)29-20(14-16-5-2-1-3-6-16)25-30-21(15-36-25)23(28)33/h1-3,5-6,8-11,19-22,25-26,30,32,35H,4,7,12-15,27H2,(H2,28,33)(H,29,34)/t19-,20+,21-,22-,25?,26?/m0/s1. The number of aliphatic hydroxyl groups is 1. The number of amides is 2. The Morgan fingerprint density at radius 3 is 2.47 bits per heavy atom. The second-order valence-electron chi connectivity index (χ2n) is 9.52. The van der Waals surface area contributed by atoms with Crippen LogP contribution in [0.3, 0.4) is 0 Å². The molecule has 36 heavy (non-hydrogen) atoms. The summed E-state index contributed by atoms with van der Waals surface area (Å²) in [4.78, 5) is 27.0. The molecule has 2 aromatic carbocycles. The van der Waals surface area contributed by atoms with Crippen LogP contribution in [0.5, 0.6) is 5.75 Å². The minimum absolute atomic E-state index is 0.158. The second kappa shape index (κ2) is 12.1. The van der Waals surface area contributed by atoms with E-state index in [2.05, 4.69) is 10.6 Å². The quantitative estimate of drug-likeness (QED) is 0.265. The normalized spacial score (nSPS) is 24.8. The highest BCUT2D eigenvalue weighted by molar-refractivity contribution is 8.00. The van der Waals surface area contributed by atoms with Crippen LogP contribution >= 0.6 is 11.8 Å². The van der Waals surface area contributed by atoms with Gasteiger partial charge in [0.2, 0.25) is 11.8 Å². The van der Waals surface area contributed by atoms with Crippen molar-refractivity contribution >= 4 is 23.6 Å². The summed E-state index contributed by atoms with van der Waals surface area (Å²) in [5.41, 5.74) is 13.8. The van der Waals surface area contributed by atoms with Crippen LogP contribution in [-0.4, -0.2) is 75.0 Å². The number of thioether (sulfide) groups is 1. The number of aliphatic hydroxyl groups excluding tert-OH is 1. The number of rotatable bonds is 10. The Morgan fingerprint density at radius 2 is 1.81 bits per heavy atom. The second-order valence-corrected chi connectivity index (χ2v) is 10.7. The van der Waals surface area contributed by atoms with Crippen molar-refractivity contribution in [3.05, 3.63) is 65.7 Å². The minimum atomic E-state index is -0.983. The van der Waals surface area contributed by atoms with Crippen LogP contribution in [0.2, 0.25) is 0 Å². The highest BCUT2D eigenvalue weighted by Gasteiger charge is 2.40. The molecule has 2 unspecified atom stereocenters. The molecule has 194 valence electrons. The lowest BCUT2D eigenvalue weighted by Gasteiger charge is -2.34. The zero-order valence-electron chi connectivity index (χ0n) is 20.1. The van der Waals surface area contributed by atoms with Gasteiger partial charge in [-0.15, -0.1) is 11.8 Å². The van der Waals surface area contributed by atoms with Crippen LogP contribution in [-0.2, 0) is 22.4 Å². The van der Waals surface area contributed by atoms with Crippen molar-refractivity contribution in [1.29, 1.82) is 0 Å². The summed E-state index contributed by atoms with van der Waals surface area (Å²) in [6, 6.07) is 14.8. The summed E-state index contributed by atoms with van der Waals surface area (Å²) < 4.78 is 0. The molecular formula is C26H35N5O4S. The molecule has 0 saturated carbocycles. The third kappa shape index (κ3) is 6.57. The number of likely N-dealkylation sites (tertiary alicyclic amines) is 1. The lowest BCUT2D eigenvalue weighted by Crippen LogP contribution is -2.58. The Labute approximate surface area is 215 Å². The number of carbonyl (C=O) groups excluding carboxylic acids is 2. The maximum absolute atomic E-state index is 13.5. The topological polar surface area (TPSA) is 154 Å². The molecule has 0 radical (unpaired) electrons. The smallest absolute Gasteiger partial charge is 0.237 e. The summed E-state index contributed by atoms with van der Waals surface area (Å²) in [5, 5.41) is 26.8. The van der Waals surface area contributed by atoms with Crippen molar-refractivity contribution in [2.24, 2.45) is 11.5 Å². The van der Waals surface area contributed by atoms with Crippen molar-refractivity contribution in [2.75, 3.05) is 12.3 Å². The van der Waals surface area contributed by atoms with Gasteiger partial charge in [-0.1, -0.05) is 42.5 Å². The lowest BCUT2D eigenvalue weighted by molar-refractivity contribution is -0.130. The molecule has 2 saturated heterocycles. The Balaban J connectivity index is 1.43. The maximum atomic E-state index is 13.5. The first-order valence-electron chi connectivity index (χ1n) is 12.3. The molecule has 2 aliphatic rings. The highest BCUT2D eigenvalue weighted by atomic mass is 32.2. The fourth-order valence-corrected chi connectivity index (χ4v) is 6.23. The van der Waals surface area contributed by atoms with Gasteiger partial charge in [-0.2, -0.15) is 0 Å². The van der Waals surface area contributed by atoms with Gasteiger partial charge in [-0.25, -0.2) is 0 Å². The van der Waals surface area contributed by atoms with Gasteiger partial charge in [0.05, 0.1) is 23.5 Å². The number of phenols is 1. The van der Waals surface area contributed by atoms with Crippen LogP contribution < -0.4 is 22.1 Å². The van der Waals surface area contributed by atoms with Crippen molar-refractivity contribution in [1.82, 2.24) is 15.5 Å². The number of nitrogens with two attached hydrogens (primary N) is 2. The van der Waals surface area contributed by atoms with Crippen molar-refractivity contribution in [3.8, 4) is 5.75 Å². The third-order valence-electron chi connectivity index (χ3n) is 6.87. The number of nitrogens with zero attached hydrogens (tertiary/aromatic N) is 1. The average molecular weight is 514 g/mol. The van der Waals surface area contributed by atoms with Crippen LogP contribution in [0, 0.1) is 0 Å². The lowest BCUT2D eigenvalue weighted by atomic mass is 10.0. The van der Waals surface area contributed by atoms with Crippen LogP contribution in [0.4, 0.5) is 0 Å². The van der Waals surface area contributed by atoms with E-state index in [1.54, 1.807) is 40.9 Å². The summed E-state index contributed by atoms with van der Waals surface area (Å²) in [5.74, 6) is 0.171. The van der Waals surface area contributed by atoms with E-state index in [0.29, 0.717) is 31.6 Å². The number of primary amides is 1. The largest absolute Gasteiger partial charge is 0.508 e. The minimum Gasteiger partial charge on any atom is -0.508 e. The molecule has 0 aliphatic carbocycles. The fourth-order valence-electron chi connectivity index (χ4n) is 4.91. The molecule has 0 spiro atoms. The van der Waals surface area contributed by atoms with Gasteiger partial charge in [-0.3, -0.25) is 19.8 Å². The van der Waals surface area contributed by atoms with E-state index >= 15 is 0 Å². The van der Waals surface area contributed by atoms with E-state index in [0.717, 1.165) is 17.5 Å². The van der Waals surface area contributed by atoms with Gasteiger partial charge >= 0.3 is 0 Å². The van der Waals surface area contributed by atoms with Crippen LogP contribution in [0.25, 0.3) is 0 Å². The first-order chi connectivity index (χ1) is 17.3. The van der Waals surface area contributed by atoms with Crippen LogP contribution in [0.15, 0.2) is 54.6 Å². The van der Waals surface area contributed by atoms with Gasteiger partial charge in [0.25, 0.3) is 0 Å². The van der Waals surface area contributed by atoms with Gasteiger partial charge < -0.3 is 27.0 Å². The van der Waals surface area contributed by atoms with Gasteiger partial charge in [0.1, 0.15) is 12.0 Å². The summed E-state index contributed by atoms with van der Waals surface area (Å²) in [6.45, 7) is 0.575. The molecule has 9 nitrogen and oxygen atoms in total. The van der Waals surface area contributed by atoms with Gasteiger partial charge in [0.15, 0.2) is 0 Å². The van der Waals surface area contributed by atoms with E-state index in [9.17, 15) is 19.8 Å². The predicted octanol–water partition coefficient (Wildman–Crippen LogP) is 0.289. The number of benzene rings is 2. The van der Waals surface area contributed by atoms with E-state index in [4.69, 9.17) is 11.5 Å². The molecule has 8 N–H and O–H groups in total. The Kier molecular flexibility index (Phi) is 8.86. The molecule has 2 heterocycles. The molecule has 4 rings (SSSR count). The molecule has 2 amide bonds. The van der Waals surface area contributed by atoms with Crippen LogP contribution in [0.1, 0.15) is 24.0 Å². The van der Waals surface area contributed by atoms with E-state index in [1.807, 2.05) is 30.3 Å². The summed E-state index contributed by atoms with van der Waals surface area (Å²) >= 11 is 1.58. The fraction of sp³-hybridized carbons (Fsp3) is 0.462. The van der Waals surface area contributed by atoms with Gasteiger partial charge in [-0.05, 0) is 48.9 Å². The highest BCUT2D eigenvalue weighted by Crippen LogP contribution is 2.26. The van der Waals surface area contributed by atoms with Crippen molar-refractivity contribution in [3.63, 3.8) is 0 Å². The van der Waals surface area contributed by atoms with E-state index in [-0.39, 0.29) is 23.1 Å². The van der Waals surface area contributed by atoms with Crippen molar-refractivity contribution in [2.45, 2.75) is 61.5 Å². The number of nitrogens with one attached hydrogen (secondary N) is 2. The average Bonchev–Trinajstić information content (AvgIpc) is 3.56. The molecule has 2 aliphatic heterocycles. The van der Waals surface area contributed by atoms with E-state index < -0.39 is 30.3 Å². The van der Waals surface area contributed by atoms with E-state index in [1.165, 1.54) is 0 Å². The van der Waals surface area contributed by atoms with Gasteiger partial charge in [0, 0.05) is 18.3 Å². The summed E-state index contributed by atoms with van der Waals surface area (Å²) in [6.07, 6.45) is 1.44. The summed E-state index contributed by atoms with van der Waals surface area (Å²) in [7, 11) is 0. The number of carbonyl (C=O) groups is 2. The molecule has 2 fully saturated rings.